The minimum Gasteiger partial charge on any atom is -0.388 e. The van der Waals surface area contributed by atoms with E-state index in [0.717, 1.165) is 30.0 Å². The van der Waals surface area contributed by atoms with E-state index >= 15 is 0 Å². The number of anilines is 1. The van der Waals surface area contributed by atoms with Gasteiger partial charge in [-0.2, -0.15) is 0 Å². The monoisotopic (exact) mass is 593 g/mol. The number of nitrogens with one attached hydrogen (secondary N) is 2. The van der Waals surface area contributed by atoms with E-state index in [9.17, 15) is 27.2 Å². The molecule has 226 valence electrons. The van der Waals surface area contributed by atoms with Crippen LogP contribution in [0.4, 0.5) is 23.2 Å². The van der Waals surface area contributed by atoms with Gasteiger partial charge in [-0.15, -0.1) is 0 Å². The van der Waals surface area contributed by atoms with Crippen LogP contribution >= 0.6 is 0 Å². The number of amides is 1. The number of ketones is 1. The lowest BCUT2D eigenvalue weighted by Gasteiger charge is -2.27. The van der Waals surface area contributed by atoms with Crippen LogP contribution in [0.5, 0.6) is 0 Å². The zero-order chi connectivity index (χ0) is 30.9. The van der Waals surface area contributed by atoms with Crippen LogP contribution in [0.3, 0.4) is 0 Å². The number of benzene rings is 3. The number of hydrogen-bond donors (Lipinski definition) is 2. The third-order valence-electron chi connectivity index (χ3n) is 7.50. The van der Waals surface area contributed by atoms with Crippen LogP contribution in [0.1, 0.15) is 54.1 Å². The Hall–Kier alpha value is -4.24. The minimum atomic E-state index is -1.06. The molecule has 43 heavy (non-hydrogen) atoms. The SMILES string of the molecule is CCN1CCCC1.CNc1ccc(C(=O)NC2C/C(=C\c3ccc(F)c(F)c3)C(=O)/C(=C/c3ccc(F)c(F)c3)C2)cc1. The standard InChI is InChI=1S/C28H22F4N2O2.C6H13N/c1-33-21-6-4-18(5-7-21)28(36)34-22-14-19(10-16-2-8-23(29)25(31)12-16)27(35)20(15-22)11-17-3-9-24(30)26(32)13-17;1-2-7-5-3-4-6-7/h2-13,22,33H,14-15H2,1H3,(H,34,36);2-6H2,1H3/b19-10+,20-11+;. The van der Waals surface area contributed by atoms with Crippen molar-refractivity contribution in [2.24, 2.45) is 0 Å². The number of carbonyl (C=O) groups is 2. The number of Topliss-reactive ketones (excluding diaryl/α,β-unsaturated/α-hetero) is 1. The summed E-state index contributed by atoms with van der Waals surface area (Å²) in [5.41, 5.74) is 2.33. The molecule has 2 aliphatic rings. The smallest absolute Gasteiger partial charge is 0.251 e. The van der Waals surface area contributed by atoms with Gasteiger partial charge in [-0.05, 0) is 117 Å². The number of nitrogens with zero attached hydrogens (tertiary/aromatic N) is 1. The topological polar surface area (TPSA) is 61.4 Å². The van der Waals surface area contributed by atoms with Gasteiger partial charge in [-0.25, -0.2) is 17.6 Å². The third kappa shape index (κ3) is 8.64. The van der Waals surface area contributed by atoms with Crippen molar-refractivity contribution in [3.05, 3.63) is 112 Å². The van der Waals surface area contributed by atoms with Gasteiger partial charge in [0.25, 0.3) is 5.91 Å². The van der Waals surface area contributed by atoms with Gasteiger partial charge in [0.15, 0.2) is 29.1 Å². The number of rotatable bonds is 6. The summed E-state index contributed by atoms with van der Waals surface area (Å²) in [6.07, 6.45) is 6.01. The molecule has 9 heteroatoms. The summed E-state index contributed by atoms with van der Waals surface area (Å²) < 4.78 is 54.2. The highest BCUT2D eigenvalue weighted by Gasteiger charge is 2.29. The molecule has 0 atom stereocenters. The third-order valence-corrected chi connectivity index (χ3v) is 7.50. The first-order chi connectivity index (χ1) is 20.7. The van der Waals surface area contributed by atoms with E-state index < -0.39 is 29.3 Å². The molecule has 1 saturated carbocycles. The first-order valence-electron chi connectivity index (χ1n) is 14.3. The molecule has 0 radical (unpaired) electrons. The first-order valence-corrected chi connectivity index (χ1v) is 14.3. The van der Waals surface area contributed by atoms with E-state index in [2.05, 4.69) is 22.5 Å². The lowest BCUT2D eigenvalue weighted by Crippen LogP contribution is -2.39. The maximum absolute atomic E-state index is 13.7. The molecule has 0 unspecified atom stereocenters. The van der Waals surface area contributed by atoms with Crippen LogP contribution in [0.2, 0.25) is 0 Å². The van der Waals surface area contributed by atoms with Crippen molar-refractivity contribution in [2.75, 3.05) is 32.0 Å². The molecule has 5 rings (SSSR count). The largest absolute Gasteiger partial charge is 0.388 e. The lowest BCUT2D eigenvalue weighted by atomic mass is 9.83. The number of likely N-dealkylation sites (tertiary alicyclic amines) is 1. The van der Waals surface area contributed by atoms with Crippen LogP contribution < -0.4 is 10.6 Å². The molecule has 1 aliphatic heterocycles. The zero-order valence-corrected chi connectivity index (χ0v) is 24.2. The van der Waals surface area contributed by atoms with Gasteiger partial charge in [0, 0.05) is 35.5 Å². The molecule has 1 amide bonds. The van der Waals surface area contributed by atoms with Crippen molar-refractivity contribution in [2.45, 2.75) is 38.6 Å². The van der Waals surface area contributed by atoms with Crippen molar-refractivity contribution in [1.82, 2.24) is 10.2 Å². The predicted molar refractivity (Wildman–Crippen MR) is 162 cm³/mol. The number of carbonyl (C=O) groups excluding carboxylic acids is 2. The molecular formula is C34H35F4N3O2. The molecule has 3 aromatic rings. The summed E-state index contributed by atoms with van der Waals surface area (Å²) in [6.45, 7) is 6.16. The van der Waals surface area contributed by atoms with Gasteiger partial charge in [-0.3, -0.25) is 9.59 Å². The van der Waals surface area contributed by atoms with Crippen LogP contribution in [0, 0.1) is 23.3 Å². The average molecular weight is 594 g/mol. The number of halogens is 4. The Kier molecular flexibility index (Phi) is 10.9. The molecule has 3 aromatic carbocycles. The van der Waals surface area contributed by atoms with E-state index in [1.165, 1.54) is 56.8 Å². The first kappa shape index (κ1) is 31.7. The van der Waals surface area contributed by atoms with Crippen molar-refractivity contribution >= 4 is 29.5 Å². The molecule has 1 saturated heterocycles. The van der Waals surface area contributed by atoms with Crippen molar-refractivity contribution < 1.29 is 27.2 Å². The Balaban J connectivity index is 0.000000530. The van der Waals surface area contributed by atoms with Gasteiger partial charge in [-0.1, -0.05) is 19.1 Å². The Morgan fingerprint density at radius 3 is 1.74 bits per heavy atom. The molecule has 0 aromatic heterocycles. The fourth-order valence-electron chi connectivity index (χ4n) is 5.11. The maximum atomic E-state index is 13.7. The Bertz CT molecular complexity index is 1440. The Labute approximate surface area is 249 Å². The molecule has 1 aliphatic carbocycles. The lowest BCUT2D eigenvalue weighted by molar-refractivity contribution is -0.113. The normalized spacial score (nSPS) is 18.8. The predicted octanol–water partition coefficient (Wildman–Crippen LogP) is 7.02. The minimum absolute atomic E-state index is 0.146. The Morgan fingerprint density at radius 1 is 0.814 bits per heavy atom. The summed E-state index contributed by atoms with van der Waals surface area (Å²) in [5, 5.41) is 5.87. The van der Waals surface area contributed by atoms with Gasteiger partial charge in [0.2, 0.25) is 0 Å². The van der Waals surface area contributed by atoms with E-state index in [1.807, 2.05) is 0 Å². The second kappa shape index (κ2) is 14.8. The van der Waals surface area contributed by atoms with E-state index in [0.29, 0.717) is 5.56 Å². The highest BCUT2D eigenvalue weighted by Crippen LogP contribution is 2.29. The molecular weight excluding hydrogens is 558 g/mol. The quantitative estimate of drug-likeness (QED) is 0.238. The second-order valence-corrected chi connectivity index (χ2v) is 10.6. The van der Waals surface area contributed by atoms with E-state index in [-0.39, 0.29) is 46.8 Å². The highest BCUT2D eigenvalue weighted by atomic mass is 19.2. The van der Waals surface area contributed by atoms with Gasteiger partial charge < -0.3 is 15.5 Å². The molecule has 5 nitrogen and oxygen atoms in total. The van der Waals surface area contributed by atoms with Crippen LogP contribution in [-0.4, -0.2) is 49.3 Å². The van der Waals surface area contributed by atoms with Crippen molar-refractivity contribution in [3.63, 3.8) is 0 Å². The molecule has 2 N–H and O–H groups in total. The fourth-order valence-corrected chi connectivity index (χ4v) is 5.11. The summed E-state index contributed by atoms with van der Waals surface area (Å²) in [7, 11) is 1.76. The van der Waals surface area contributed by atoms with Gasteiger partial charge >= 0.3 is 0 Å². The molecule has 0 spiro atoms. The highest BCUT2D eigenvalue weighted by molar-refractivity contribution is 6.14. The second-order valence-electron chi connectivity index (χ2n) is 10.6. The summed E-state index contributed by atoms with van der Waals surface area (Å²) in [4.78, 5) is 28.6. The van der Waals surface area contributed by atoms with Crippen molar-refractivity contribution in [3.8, 4) is 0 Å². The summed E-state index contributed by atoms with van der Waals surface area (Å²) in [6, 6.07) is 12.8. The van der Waals surface area contributed by atoms with Crippen LogP contribution in [0.25, 0.3) is 12.2 Å². The van der Waals surface area contributed by atoms with Crippen LogP contribution in [0.15, 0.2) is 71.8 Å². The maximum Gasteiger partial charge on any atom is 0.251 e. The van der Waals surface area contributed by atoms with Crippen LogP contribution in [-0.2, 0) is 4.79 Å². The fraction of sp³-hybridized carbons (Fsp3) is 0.294. The zero-order valence-electron chi connectivity index (χ0n) is 24.2. The average Bonchev–Trinajstić information content (AvgIpc) is 3.54. The van der Waals surface area contributed by atoms with Gasteiger partial charge in [0.05, 0.1) is 0 Å². The Morgan fingerprint density at radius 2 is 1.33 bits per heavy atom. The molecule has 1 heterocycles. The number of hydrogen-bond acceptors (Lipinski definition) is 4. The summed E-state index contributed by atoms with van der Waals surface area (Å²) in [5.74, 6) is -4.87. The van der Waals surface area contributed by atoms with Crippen molar-refractivity contribution in [1.29, 1.82) is 0 Å². The van der Waals surface area contributed by atoms with E-state index in [4.69, 9.17) is 0 Å². The van der Waals surface area contributed by atoms with Gasteiger partial charge in [0.1, 0.15) is 0 Å². The van der Waals surface area contributed by atoms with E-state index in [1.54, 1.807) is 31.3 Å². The summed E-state index contributed by atoms with van der Waals surface area (Å²) >= 11 is 0. The molecule has 2 fully saturated rings. The molecule has 0 bridgehead atoms.